The Balaban J connectivity index is 1.75. The molecule has 0 bridgehead atoms. The Labute approximate surface area is 123 Å². The molecule has 0 aromatic carbocycles. The highest BCUT2D eigenvalue weighted by molar-refractivity contribution is 5.57. The van der Waals surface area contributed by atoms with Gasteiger partial charge in [-0.05, 0) is 23.8 Å². The van der Waals surface area contributed by atoms with Crippen molar-refractivity contribution in [2.45, 2.75) is 26.2 Å². The van der Waals surface area contributed by atoms with E-state index in [0.29, 0.717) is 12.3 Å². The highest BCUT2D eigenvalue weighted by atomic mass is 15.2. The first-order valence-corrected chi connectivity index (χ1v) is 6.99. The van der Waals surface area contributed by atoms with Gasteiger partial charge in [0, 0.05) is 36.5 Å². The molecule has 106 valence electrons. The maximum Gasteiger partial charge on any atom is 0.153 e. The molecule has 0 aliphatic heterocycles. The third kappa shape index (κ3) is 3.13. The Kier molecular flexibility index (Phi) is 3.73. The molecule has 5 nitrogen and oxygen atoms in total. The second kappa shape index (κ2) is 5.83. The summed E-state index contributed by atoms with van der Waals surface area (Å²) in [6, 6.07) is 7.98. The molecule has 5 heteroatoms. The second-order valence-corrected chi connectivity index (χ2v) is 5.27. The number of H-pyrrole nitrogens is 1. The number of pyridine rings is 2. The fourth-order valence-corrected chi connectivity index (χ4v) is 2.05. The fraction of sp³-hybridized carbons (Fsp3) is 0.250. The molecule has 0 fully saturated rings. The van der Waals surface area contributed by atoms with Crippen LogP contribution in [-0.4, -0.2) is 25.1 Å². The van der Waals surface area contributed by atoms with Gasteiger partial charge in [0.1, 0.15) is 5.82 Å². The monoisotopic (exact) mass is 279 g/mol. The maximum atomic E-state index is 4.48. The molecular formula is C16H17N5. The predicted octanol–water partition coefficient (Wildman–Crippen LogP) is 2.98. The highest BCUT2D eigenvalue weighted by Crippen LogP contribution is 2.16. The van der Waals surface area contributed by atoms with Crippen molar-refractivity contribution in [1.82, 2.24) is 25.1 Å². The molecule has 0 aliphatic carbocycles. The molecule has 0 saturated carbocycles. The van der Waals surface area contributed by atoms with Crippen molar-refractivity contribution < 1.29 is 0 Å². The number of nitrogens with zero attached hydrogens (tertiary/aromatic N) is 4. The third-order valence-electron chi connectivity index (χ3n) is 3.22. The topological polar surface area (TPSA) is 67.3 Å². The lowest BCUT2D eigenvalue weighted by molar-refractivity contribution is 0.780. The summed E-state index contributed by atoms with van der Waals surface area (Å²) in [6.45, 7) is 4.16. The van der Waals surface area contributed by atoms with Gasteiger partial charge in [-0.25, -0.2) is 4.98 Å². The second-order valence-electron chi connectivity index (χ2n) is 5.27. The van der Waals surface area contributed by atoms with E-state index in [1.54, 1.807) is 6.20 Å². The Morgan fingerprint density at radius 3 is 2.67 bits per heavy atom. The van der Waals surface area contributed by atoms with E-state index in [-0.39, 0.29) is 0 Å². The summed E-state index contributed by atoms with van der Waals surface area (Å²) in [4.78, 5) is 13.1. The van der Waals surface area contributed by atoms with Crippen molar-refractivity contribution >= 4 is 0 Å². The zero-order valence-electron chi connectivity index (χ0n) is 12.1. The molecular weight excluding hydrogens is 262 g/mol. The first-order valence-electron chi connectivity index (χ1n) is 6.99. The SMILES string of the molecule is CC(C)c1n[nH]c(Cc2ccc(-c3cccnc3)nc2)n1. The van der Waals surface area contributed by atoms with E-state index in [2.05, 4.69) is 45.1 Å². The van der Waals surface area contributed by atoms with Crippen LogP contribution in [0.15, 0.2) is 42.9 Å². The van der Waals surface area contributed by atoms with Gasteiger partial charge < -0.3 is 0 Å². The standard InChI is InChI=1S/C16H17N5/c1-11(2)16-19-15(20-21-16)8-12-5-6-14(18-9-12)13-4-3-7-17-10-13/h3-7,9-11H,8H2,1-2H3,(H,19,20,21). The summed E-state index contributed by atoms with van der Waals surface area (Å²) in [7, 11) is 0. The van der Waals surface area contributed by atoms with Crippen molar-refractivity contribution in [2.24, 2.45) is 0 Å². The van der Waals surface area contributed by atoms with Gasteiger partial charge in [-0.1, -0.05) is 19.9 Å². The molecule has 0 atom stereocenters. The molecule has 0 aliphatic rings. The maximum absolute atomic E-state index is 4.48. The Morgan fingerprint density at radius 2 is 2.05 bits per heavy atom. The Morgan fingerprint density at radius 1 is 1.14 bits per heavy atom. The van der Waals surface area contributed by atoms with Crippen LogP contribution in [0.1, 0.15) is 37.0 Å². The summed E-state index contributed by atoms with van der Waals surface area (Å²) in [6.07, 6.45) is 6.15. The van der Waals surface area contributed by atoms with Crippen LogP contribution in [0.3, 0.4) is 0 Å². The van der Waals surface area contributed by atoms with Crippen LogP contribution in [0.4, 0.5) is 0 Å². The average Bonchev–Trinajstić information content (AvgIpc) is 2.98. The molecule has 0 unspecified atom stereocenters. The Hall–Kier alpha value is -2.56. The Bertz CT molecular complexity index is 701. The van der Waals surface area contributed by atoms with Crippen LogP contribution >= 0.6 is 0 Å². The number of rotatable bonds is 4. The van der Waals surface area contributed by atoms with Crippen LogP contribution in [-0.2, 0) is 6.42 Å². The average molecular weight is 279 g/mol. The zero-order chi connectivity index (χ0) is 14.7. The molecule has 3 aromatic rings. The summed E-state index contributed by atoms with van der Waals surface area (Å²) in [5.41, 5.74) is 3.05. The fourth-order valence-electron chi connectivity index (χ4n) is 2.05. The minimum Gasteiger partial charge on any atom is -0.264 e. The smallest absolute Gasteiger partial charge is 0.153 e. The lowest BCUT2D eigenvalue weighted by Gasteiger charge is -2.02. The summed E-state index contributed by atoms with van der Waals surface area (Å²) < 4.78 is 0. The molecule has 0 spiro atoms. The van der Waals surface area contributed by atoms with Crippen molar-refractivity contribution in [2.75, 3.05) is 0 Å². The van der Waals surface area contributed by atoms with Crippen LogP contribution in [0.5, 0.6) is 0 Å². The summed E-state index contributed by atoms with van der Waals surface area (Å²) in [5.74, 6) is 2.06. The van der Waals surface area contributed by atoms with Gasteiger partial charge in [-0.15, -0.1) is 0 Å². The van der Waals surface area contributed by atoms with Gasteiger partial charge in [0.05, 0.1) is 5.69 Å². The van der Waals surface area contributed by atoms with E-state index in [4.69, 9.17) is 0 Å². The first-order chi connectivity index (χ1) is 10.2. The van der Waals surface area contributed by atoms with Gasteiger partial charge in [-0.3, -0.25) is 15.1 Å². The van der Waals surface area contributed by atoms with Crippen LogP contribution < -0.4 is 0 Å². The van der Waals surface area contributed by atoms with E-state index < -0.39 is 0 Å². The molecule has 0 radical (unpaired) electrons. The van der Waals surface area contributed by atoms with Crippen LogP contribution in [0, 0.1) is 0 Å². The number of aromatic nitrogens is 5. The van der Waals surface area contributed by atoms with Crippen molar-refractivity contribution in [3.8, 4) is 11.3 Å². The van der Waals surface area contributed by atoms with E-state index in [1.165, 1.54) is 0 Å². The number of aromatic amines is 1. The van der Waals surface area contributed by atoms with E-state index in [1.807, 2.05) is 30.6 Å². The van der Waals surface area contributed by atoms with Gasteiger partial charge in [-0.2, -0.15) is 5.10 Å². The normalized spacial score (nSPS) is 11.0. The minimum atomic E-state index is 0.334. The molecule has 0 amide bonds. The van der Waals surface area contributed by atoms with E-state index in [9.17, 15) is 0 Å². The van der Waals surface area contributed by atoms with Crippen molar-refractivity contribution in [3.63, 3.8) is 0 Å². The summed E-state index contributed by atoms with van der Waals surface area (Å²) >= 11 is 0. The van der Waals surface area contributed by atoms with Gasteiger partial charge >= 0.3 is 0 Å². The van der Waals surface area contributed by atoms with Gasteiger partial charge in [0.15, 0.2) is 5.82 Å². The molecule has 3 aromatic heterocycles. The molecule has 0 saturated heterocycles. The van der Waals surface area contributed by atoms with Gasteiger partial charge in [0.2, 0.25) is 0 Å². The first kappa shape index (κ1) is 13.4. The van der Waals surface area contributed by atoms with Crippen LogP contribution in [0.2, 0.25) is 0 Å². The zero-order valence-corrected chi connectivity index (χ0v) is 12.1. The largest absolute Gasteiger partial charge is 0.264 e. The van der Waals surface area contributed by atoms with Crippen molar-refractivity contribution in [3.05, 3.63) is 60.1 Å². The van der Waals surface area contributed by atoms with E-state index >= 15 is 0 Å². The van der Waals surface area contributed by atoms with E-state index in [0.717, 1.165) is 28.5 Å². The highest BCUT2D eigenvalue weighted by Gasteiger charge is 2.08. The third-order valence-corrected chi connectivity index (χ3v) is 3.22. The number of hydrogen-bond donors (Lipinski definition) is 1. The van der Waals surface area contributed by atoms with Crippen molar-refractivity contribution in [1.29, 1.82) is 0 Å². The number of nitrogens with one attached hydrogen (secondary N) is 1. The molecule has 3 heterocycles. The molecule has 3 rings (SSSR count). The number of hydrogen-bond acceptors (Lipinski definition) is 4. The molecule has 21 heavy (non-hydrogen) atoms. The lowest BCUT2D eigenvalue weighted by atomic mass is 10.1. The minimum absolute atomic E-state index is 0.334. The van der Waals surface area contributed by atoms with Gasteiger partial charge in [0.25, 0.3) is 0 Å². The predicted molar refractivity (Wildman–Crippen MR) is 80.7 cm³/mol. The quantitative estimate of drug-likeness (QED) is 0.797. The van der Waals surface area contributed by atoms with Crippen LogP contribution in [0.25, 0.3) is 11.3 Å². The summed E-state index contributed by atoms with van der Waals surface area (Å²) in [5, 5.41) is 7.20. The molecule has 1 N–H and O–H groups in total. The lowest BCUT2D eigenvalue weighted by Crippen LogP contribution is -1.94.